The fourth-order valence-corrected chi connectivity index (χ4v) is 7.22. The molecular formula is C29H33ClN8O. The highest BCUT2D eigenvalue weighted by Crippen LogP contribution is 2.46. The molecule has 1 aromatic carbocycles. The van der Waals surface area contributed by atoms with Gasteiger partial charge in [0.1, 0.15) is 16.7 Å². The number of aromatic nitrogens is 6. The highest BCUT2D eigenvalue weighted by Gasteiger charge is 2.40. The van der Waals surface area contributed by atoms with Gasteiger partial charge >= 0.3 is 0 Å². The topological polar surface area (TPSA) is 88.0 Å². The second kappa shape index (κ2) is 8.66. The van der Waals surface area contributed by atoms with Gasteiger partial charge in [-0.05, 0) is 44.7 Å². The fraction of sp³-hybridized carbons (Fsp3) is 0.517. The van der Waals surface area contributed by atoms with Crippen molar-refractivity contribution < 1.29 is 4.74 Å². The van der Waals surface area contributed by atoms with Gasteiger partial charge in [-0.1, -0.05) is 17.7 Å². The summed E-state index contributed by atoms with van der Waals surface area (Å²) in [6.07, 6.45) is 4.64. The van der Waals surface area contributed by atoms with Gasteiger partial charge in [0.25, 0.3) is 0 Å². The molecule has 0 bridgehead atoms. The molecule has 3 fully saturated rings. The van der Waals surface area contributed by atoms with Gasteiger partial charge in [-0.2, -0.15) is 10.2 Å². The molecule has 0 radical (unpaired) electrons. The Bertz CT molecular complexity index is 1620. The predicted octanol–water partition coefficient (Wildman–Crippen LogP) is 4.69. The van der Waals surface area contributed by atoms with Gasteiger partial charge < -0.3 is 14.5 Å². The number of fused-ring (bicyclic) bond motifs is 3. The minimum absolute atomic E-state index is 0.397. The number of H-pyrrole nitrogens is 1. The van der Waals surface area contributed by atoms with Crippen molar-refractivity contribution in [3.05, 3.63) is 45.4 Å². The molecule has 9 nitrogen and oxygen atoms in total. The number of ether oxygens (including phenoxy) is 1. The number of hydrogen-bond acceptors (Lipinski definition) is 7. The van der Waals surface area contributed by atoms with E-state index in [1.54, 1.807) is 0 Å². The molecule has 39 heavy (non-hydrogen) atoms. The molecule has 10 heteroatoms. The van der Waals surface area contributed by atoms with Gasteiger partial charge in [0.05, 0.1) is 29.6 Å². The summed E-state index contributed by atoms with van der Waals surface area (Å²) in [5, 5.41) is 14.4. The van der Waals surface area contributed by atoms with Crippen molar-refractivity contribution in [2.45, 2.75) is 58.1 Å². The molecule has 0 amide bonds. The van der Waals surface area contributed by atoms with Crippen LogP contribution in [0.3, 0.4) is 0 Å². The van der Waals surface area contributed by atoms with Crippen LogP contribution in [0.15, 0.2) is 12.1 Å². The number of aromatic amines is 1. The van der Waals surface area contributed by atoms with Crippen LogP contribution in [0.5, 0.6) is 0 Å². The first-order valence-corrected chi connectivity index (χ1v) is 14.5. The highest BCUT2D eigenvalue weighted by atomic mass is 35.5. The molecule has 2 saturated heterocycles. The lowest BCUT2D eigenvalue weighted by atomic mass is 9.90. The lowest BCUT2D eigenvalue weighted by Crippen LogP contribution is -2.53. The van der Waals surface area contributed by atoms with Crippen molar-refractivity contribution in [3.63, 3.8) is 0 Å². The Balaban J connectivity index is 1.25. The van der Waals surface area contributed by atoms with E-state index in [4.69, 9.17) is 31.4 Å². The van der Waals surface area contributed by atoms with Crippen molar-refractivity contribution in [3.8, 4) is 11.4 Å². The first kappa shape index (κ1) is 23.7. The quantitative estimate of drug-likeness (QED) is 0.399. The maximum atomic E-state index is 6.95. The normalized spacial score (nSPS) is 22.7. The summed E-state index contributed by atoms with van der Waals surface area (Å²) in [5.41, 5.74) is 7.64. The van der Waals surface area contributed by atoms with Crippen LogP contribution in [-0.2, 0) is 24.8 Å². The fourth-order valence-electron chi connectivity index (χ4n) is 6.79. The Morgan fingerprint density at radius 3 is 2.72 bits per heavy atom. The molecule has 4 aromatic rings. The molecule has 1 N–H and O–H groups in total. The van der Waals surface area contributed by atoms with E-state index in [0.29, 0.717) is 17.9 Å². The third-order valence-corrected chi connectivity index (χ3v) is 9.47. The lowest BCUT2D eigenvalue weighted by molar-refractivity contribution is -0.121. The first-order chi connectivity index (χ1) is 19.0. The maximum Gasteiger partial charge on any atom is 0.162 e. The van der Waals surface area contributed by atoms with E-state index in [1.807, 2.05) is 11.7 Å². The molecule has 1 saturated carbocycles. The summed E-state index contributed by atoms with van der Waals surface area (Å²) in [5.74, 6) is 3.95. The molecule has 3 aliphatic heterocycles. The molecule has 0 unspecified atom stereocenters. The third kappa shape index (κ3) is 3.69. The zero-order valence-electron chi connectivity index (χ0n) is 22.7. The molecular weight excluding hydrogens is 512 g/mol. The van der Waals surface area contributed by atoms with E-state index in [2.05, 4.69) is 46.0 Å². The van der Waals surface area contributed by atoms with Crippen LogP contribution in [0, 0.1) is 19.8 Å². The second-order valence-corrected chi connectivity index (χ2v) is 12.1. The average Bonchev–Trinajstić information content (AvgIpc) is 3.63. The average molecular weight is 545 g/mol. The number of anilines is 2. The molecule has 0 spiro atoms. The summed E-state index contributed by atoms with van der Waals surface area (Å²) in [7, 11) is 2.02. The second-order valence-electron chi connectivity index (χ2n) is 11.8. The molecule has 202 valence electrons. The van der Waals surface area contributed by atoms with Crippen LogP contribution in [0.1, 0.15) is 53.4 Å². The number of nitrogens with one attached hydrogen (secondary N) is 1. The molecule has 4 aliphatic rings. The number of nitrogens with zero attached hydrogens (tertiary/aromatic N) is 7. The highest BCUT2D eigenvalue weighted by molar-refractivity contribution is 6.33. The number of piperidine rings is 1. The molecule has 2 atom stereocenters. The summed E-state index contributed by atoms with van der Waals surface area (Å²) in [6.45, 7) is 8.54. The van der Waals surface area contributed by atoms with E-state index in [9.17, 15) is 0 Å². The van der Waals surface area contributed by atoms with Crippen LogP contribution in [0.25, 0.3) is 22.3 Å². The Morgan fingerprint density at radius 2 is 1.95 bits per heavy atom. The van der Waals surface area contributed by atoms with Crippen molar-refractivity contribution in [1.82, 2.24) is 29.9 Å². The smallest absolute Gasteiger partial charge is 0.162 e. The van der Waals surface area contributed by atoms with Gasteiger partial charge in [0, 0.05) is 73.7 Å². The number of rotatable bonds is 4. The Morgan fingerprint density at radius 1 is 1.08 bits per heavy atom. The van der Waals surface area contributed by atoms with Crippen molar-refractivity contribution in [2.75, 3.05) is 36.0 Å². The number of benzene rings is 1. The van der Waals surface area contributed by atoms with Gasteiger partial charge in [-0.25, -0.2) is 9.97 Å². The van der Waals surface area contributed by atoms with Crippen LogP contribution in [-0.4, -0.2) is 62.3 Å². The molecule has 6 heterocycles. The molecule has 1 aliphatic carbocycles. The van der Waals surface area contributed by atoms with Crippen LogP contribution in [0.4, 0.5) is 11.6 Å². The van der Waals surface area contributed by atoms with Crippen LogP contribution < -0.4 is 9.80 Å². The van der Waals surface area contributed by atoms with E-state index in [1.165, 1.54) is 18.4 Å². The largest absolute Gasteiger partial charge is 0.377 e. The number of halogens is 1. The summed E-state index contributed by atoms with van der Waals surface area (Å²) < 4.78 is 7.79. The minimum atomic E-state index is 0.397. The SMILES string of the molecule is Cc1ccc2n[nH]c(C)c2c1-c1nc2c(c(N3CC[C@@H]4OC[C@@H]4C3)n1)CN(c1c(Cl)c(C3CC3)nn1C)CC2. The Kier molecular flexibility index (Phi) is 5.26. The van der Waals surface area contributed by atoms with E-state index >= 15 is 0 Å². The van der Waals surface area contributed by atoms with Gasteiger partial charge in [0.2, 0.25) is 0 Å². The predicted molar refractivity (Wildman–Crippen MR) is 152 cm³/mol. The van der Waals surface area contributed by atoms with Crippen molar-refractivity contribution >= 4 is 34.1 Å². The van der Waals surface area contributed by atoms with E-state index in [0.717, 1.165) is 107 Å². The summed E-state index contributed by atoms with van der Waals surface area (Å²) in [4.78, 5) is 15.5. The Hall–Kier alpha value is -3.17. The van der Waals surface area contributed by atoms with Gasteiger partial charge in [0.15, 0.2) is 5.82 Å². The minimum Gasteiger partial charge on any atom is -0.377 e. The number of aryl methyl sites for hydroxylation is 3. The summed E-state index contributed by atoms with van der Waals surface area (Å²) in [6, 6.07) is 4.20. The summed E-state index contributed by atoms with van der Waals surface area (Å²) >= 11 is 6.95. The molecule has 3 aromatic heterocycles. The van der Waals surface area contributed by atoms with Crippen molar-refractivity contribution in [2.24, 2.45) is 13.0 Å². The monoisotopic (exact) mass is 544 g/mol. The lowest BCUT2D eigenvalue weighted by Gasteiger charge is -2.46. The zero-order chi connectivity index (χ0) is 26.4. The Labute approximate surface area is 232 Å². The maximum absolute atomic E-state index is 6.95. The third-order valence-electron chi connectivity index (χ3n) is 9.11. The molecule has 8 rings (SSSR count). The van der Waals surface area contributed by atoms with Crippen LogP contribution >= 0.6 is 11.6 Å². The first-order valence-electron chi connectivity index (χ1n) is 14.1. The standard InChI is InChI=1S/C29H33ClN8O/c1-15-4-7-21-24(16(2)33-34-21)23(15)27-31-20-8-10-38(29-25(30)26(17-5-6-17)35-36(29)3)13-19(20)28(32-27)37-11-9-22-18(12-37)14-39-22/h4,7,17-18,22H,5-6,8-14H2,1-3H3,(H,33,34)/t18-,22-/m0/s1. The van der Waals surface area contributed by atoms with Crippen molar-refractivity contribution in [1.29, 1.82) is 0 Å². The van der Waals surface area contributed by atoms with Gasteiger partial charge in [-0.3, -0.25) is 9.78 Å². The number of hydrogen-bond donors (Lipinski definition) is 1. The zero-order valence-corrected chi connectivity index (χ0v) is 23.4. The van der Waals surface area contributed by atoms with Crippen LogP contribution in [0.2, 0.25) is 5.02 Å². The van der Waals surface area contributed by atoms with E-state index < -0.39 is 0 Å². The van der Waals surface area contributed by atoms with Gasteiger partial charge in [-0.15, -0.1) is 0 Å². The van der Waals surface area contributed by atoms with E-state index in [-0.39, 0.29) is 0 Å².